The van der Waals surface area contributed by atoms with Gasteiger partial charge in [0.25, 0.3) is 5.95 Å². The first-order chi connectivity index (χ1) is 14.5. The van der Waals surface area contributed by atoms with Crippen LogP contribution >= 0.6 is 15.0 Å². The molecular formula is C19H22FNO8P2. The first-order valence-electron chi connectivity index (χ1n) is 9.16. The predicted molar refractivity (Wildman–Crippen MR) is 109 cm³/mol. The summed E-state index contributed by atoms with van der Waals surface area (Å²) < 4.78 is 61.4. The summed E-state index contributed by atoms with van der Waals surface area (Å²) >= 11 is 0. The number of pyridine rings is 1. The average molecular weight is 473 g/mol. The third kappa shape index (κ3) is 4.75. The van der Waals surface area contributed by atoms with Gasteiger partial charge in [-0.15, -0.1) is 0 Å². The van der Waals surface area contributed by atoms with Gasteiger partial charge in [0.1, 0.15) is 11.6 Å². The highest BCUT2D eigenvalue weighted by Gasteiger charge is 2.64. The molecule has 31 heavy (non-hydrogen) atoms. The number of aliphatic hydroxyl groups is 1. The molecule has 1 aliphatic heterocycles. The minimum absolute atomic E-state index is 0.0433. The summed E-state index contributed by atoms with van der Waals surface area (Å²) in [6.07, 6.45) is 0.522. The van der Waals surface area contributed by atoms with Crippen LogP contribution in [0.15, 0.2) is 55.2 Å². The van der Waals surface area contributed by atoms with Gasteiger partial charge in [-0.1, -0.05) is 6.07 Å². The maximum absolute atomic E-state index is 14.7. The lowest BCUT2D eigenvalue weighted by Gasteiger charge is -2.43. The molecule has 2 heterocycles. The van der Waals surface area contributed by atoms with Crippen molar-refractivity contribution in [2.75, 3.05) is 13.3 Å². The second kappa shape index (κ2) is 8.82. The van der Waals surface area contributed by atoms with Crippen LogP contribution in [0, 0.1) is 5.82 Å². The monoisotopic (exact) mass is 473 g/mol. The molecule has 0 radical (unpaired) electrons. The van der Waals surface area contributed by atoms with Gasteiger partial charge >= 0.3 is 7.60 Å². The molecule has 168 valence electrons. The molecule has 1 saturated heterocycles. The van der Waals surface area contributed by atoms with E-state index in [2.05, 4.69) is 11.6 Å². The Balaban J connectivity index is 1.87. The summed E-state index contributed by atoms with van der Waals surface area (Å²) in [5.41, 5.74) is 0.0448. The first kappa shape index (κ1) is 23.6. The lowest BCUT2D eigenvalue weighted by Crippen LogP contribution is -2.37. The summed E-state index contributed by atoms with van der Waals surface area (Å²) in [4.78, 5) is 14.3. The van der Waals surface area contributed by atoms with Crippen molar-refractivity contribution in [3.63, 3.8) is 0 Å². The Hall–Kier alpha value is -2.06. The molecule has 4 atom stereocenters. The fraction of sp³-hybridized carbons (Fsp3) is 0.316. The summed E-state index contributed by atoms with van der Waals surface area (Å²) in [6, 6.07) is 6.56. The molecule has 9 nitrogen and oxygen atoms in total. The zero-order valence-electron chi connectivity index (χ0n) is 16.8. The van der Waals surface area contributed by atoms with Crippen LogP contribution in [0.25, 0.3) is 0 Å². The molecule has 2 aromatic rings. The van der Waals surface area contributed by atoms with E-state index in [1.807, 2.05) is 0 Å². The van der Waals surface area contributed by atoms with E-state index in [0.717, 1.165) is 12.7 Å². The number of aromatic nitrogens is 1. The predicted octanol–water partition coefficient (Wildman–Crippen LogP) is 4.13. The number of benzene rings is 1. The minimum atomic E-state index is -4.97. The first-order valence-corrected chi connectivity index (χ1v) is 12.8. The molecule has 0 saturated carbocycles. The Bertz CT molecular complexity index is 1040. The van der Waals surface area contributed by atoms with Crippen molar-refractivity contribution in [2.24, 2.45) is 0 Å². The number of rotatable bonds is 7. The second-order valence-corrected chi connectivity index (χ2v) is 11.8. The average Bonchev–Trinajstić information content (AvgIpc) is 2.67. The van der Waals surface area contributed by atoms with E-state index in [4.69, 9.17) is 18.5 Å². The highest BCUT2D eigenvalue weighted by molar-refractivity contribution is 7.75. The van der Waals surface area contributed by atoms with Gasteiger partial charge in [0.05, 0.1) is 6.61 Å². The van der Waals surface area contributed by atoms with Gasteiger partial charge in [0.15, 0.2) is 0 Å². The molecule has 2 N–H and O–H groups in total. The van der Waals surface area contributed by atoms with E-state index in [9.17, 15) is 23.5 Å². The van der Waals surface area contributed by atoms with Crippen LogP contribution in [0.3, 0.4) is 0 Å². The molecule has 0 bridgehead atoms. The molecule has 1 aromatic heterocycles. The van der Waals surface area contributed by atoms with Crippen molar-refractivity contribution in [1.82, 2.24) is 4.98 Å². The summed E-state index contributed by atoms with van der Waals surface area (Å²) in [7, 11) is -9.20. The normalized spacial score (nSPS) is 30.5. The largest absolute Gasteiger partial charge is 0.466 e. The summed E-state index contributed by atoms with van der Waals surface area (Å²) in [5.74, 6) is -0.904. The van der Waals surface area contributed by atoms with Crippen LogP contribution in [-0.2, 0) is 29.3 Å². The van der Waals surface area contributed by atoms with Crippen molar-refractivity contribution in [2.45, 2.75) is 24.7 Å². The second-order valence-electron chi connectivity index (χ2n) is 6.81. The Morgan fingerprint density at radius 1 is 1.35 bits per heavy atom. The molecule has 0 spiro atoms. The fourth-order valence-electron chi connectivity index (χ4n) is 2.95. The topological polar surface area (TPSA) is 124 Å². The summed E-state index contributed by atoms with van der Waals surface area (Å²) in [6.45, 7) is 6.55. The molecule has 1 fully saturated rings. The fourth-order valence-corrected chi connectivity index (χ4v) is 7.26. The van der Waals surface area contributed by atoms with Crippen LogP contribution in [0.5, 0.6) is 5.75 Å². The van der Waals surface area contributed by atoms with Crippen LogP contribution in [0.2, 0.25) is 0 Å². The quantitative estimate of drug-likeness (QED) is 0.451. The smallest absolute Gasteiger partial charge is 0.372 e. The van der Waals surface area contributed by atoms with E-state index < -0.39 is 38.6 Å². The molecule has 4 unspecified atom stereocenters. The van der Waals surface area contributed by atoms with Crippen LogP contribution in [-0.4, -0.2) is 33.3 Å². The number of hydrogen-bond acceptors (Lipinski definition) is 8. The van der Waals surface area contributed by atoms with Crippen LogP contribution in [0.1, 0.15) is 24.3 Å². The molecule has 1 aliphatic rings. The van der Waals surface area contributed by atoms with Crippen molar-refractivity contribution in [1.29, 1.82) is 0 Å². The number of ether oxygens (including phenoxy) is 2. The van der Waals surface area contributed by atoms with Gasteiger partial charge in [-0.3, -0.25) is 23.2 Å². The van der Waals surface area contributed by atoms with E-state index in [-0.39, 0.29) is 17.3 Å². The third-order valence-corrected chi connectivity index (χ3v) is 10.0. The molecule has 0 aliphatic carbocycles. The lowest BCUT2D eigenvalue weighted by atomic mass is 10.2. The van der Waals surface area contributed by atoms with Gasteiger partial charge in [-0.05, 0) is 37.3 Å². The lowest BCUT2D eigenvalue weighted by molar-refractivity contribution is -0.0458. The number of hydrogen-bond donors (Lipinski definition) is 2. The third-order valence-electron chi connectivity index (χ3n) is 4.57. The summed E-state index contributed by atoms with van der Waals surface area (Å²) in [5, 5.41) is 8.19. The Kier molecular flexibility index (Phi) is 6.72. The van der Waals surface area contributed by atoms with Gasteiger partial charge in [0, 0.05) is 37.1 Å². The standard InChI is InChI=1S/C19H22FNO8P2/c1-4-26-13(2)27-15-7-8-16(17(20)10-15)18-28-30(3,23)19(22,31(24,25)29-18)11-14-6-5-9-21-12-14/h5-10,12,18,22H,2,4,11H2,1,3H3,(H,24,25). The Morgan fingerprint density at radius 3 is 2.68 bits per heavy atom. The van der Waals surface area contributed by atoms with E-state index >= 15 is 0 Å². The SMILES string of the molecule is C=C(OCC)Oc1ccc(C2OP(C)(=O)C(O)(Cc3cccnc3)P(=O)(O)O2)c(F)c1. The van der Waals surface area contributed by atoms with Crippen LogP contribution in [0.4, 0.5) is 4.39 Å². The molecule has 3 rings (SSSR count). The maximum Gasteiger partial charge on any atom is 0.372 e. The number of halogens is 1. The van der Waals surface area contributed by atoms with Crippen LogP contribution < -0.4 is 4.74 Å². The van der Waals surface area contributed by atoms with Crippen molar-refractivity contribution < 1.29 is 42.0 Å². The Labute approximate surface area is 178 Å². The van der Waals surface area contributed by atoms with Crippen molar-refractivity contribution in [3.8, 4) is 5.75 Å². The number of nitrogens with zero attached hydrogens (tertiary/aromatic N) is 1. The molecular weight excluding hydrogens is 451 g/mol. The van der Waals surface area contributed by atoms with Gasteiger partial charge < -0.3 is 19.5 Å². The van der Waals surface area contributed by atoms with Crippen molar-refractivity contribution in [3.05, 3.63) is 72.2 Å². The molecule has 1 aromatic carbocycles. The van der Waals surface area contributed by atoms with Gasteiger partial charge in [-0.2, -0.15) is 0 Å². The van der Waals surface area contributed by atoms with Crippen molar-refractivity contribution >= 4 is 15.0 Å². The van der Waals surface area contributed by atoms with E-state index in [1.54, 1.807) is 13.0 Å². The van der Waals surface area contributed by atoms with E-state index in [0.29, 0.717) is 12.2 Å². The van der Waals surface area contributed by atoms with Gasteiger partial charge in [0.2, 0.25) is 18.7 Å². The highest BCUT2D eigenvalue weighted by atomic mass is 31.2. The van der Waals surface area contributed by atoms with E-state index in [1.165, 1.54) is 30.6 Å². The zero-order valence-corrected chi connectivity index (χ0v) is 18.6. The maximum atomic E-state index is 14.7. The minimum Gasteiger partial charge on any atom is -0.466 e. The highest BCUT2D eigenvalue weighted by Crippen LogP contribution is 2.79. The Morgan fingerprint density at radius 2 is 2.10 bits per heavy atom. The van der Waals surface area contributed by atoms with Gasteiger partial charge in [-0.25, -0.2) is 4.39 Å². The molecule has 12 heteroatoms. The molecule has 0 amide bonds. The zero-order chi connectivity index (χ0) is 22.9.